The first-order valence-corrected chi connectivity index (χ1v) is 5.98. The van der Waals surface area contributed by atoms with Crippen LogP contribution in [0.3, 0.4) is 0 Å². The highest BCUT2D eigenvalue weighted by atomic mass is 35.5. The van der Waals surface area contributed by atoms with Gasteiger partial charge in [-0.1, -0.05) is 11.6 Å². The smallest absolute Gasteiger partial charge is 0.339 e. The van der Waals surface area contributed by atoms with E-state index < -0.39 is 5.97 Å². The van der Waals surface area contributed by atoms with Gasteiger partial charge in [0.15, 0.2) is 0 Å². The van der Waals surface area contributed by atoms with Crippen molar-refractivity contribution in [2.24, 2.45) is 0 Å². The first-order valence-electron chi connectivity index (χ1n) is 5.60. The van der Waals surface area contributed by atoms with Gasteiger partial charge in [0, 0.05) is 30.2 Å². The van der Waals surface area contributed by atoms with Crippen molar-refractivity contribution in [2.45, 2.75) is 20.4 Å². The second-order valence-electron chi connectivity index (χ2n) is 3.91. The number of rotatable bonds is 3. The van der Waals surface area contributed by atoms with E-state index in [4.69, 9.17) is 11.6 Å². The summed E-state index contributed by atoms with van der Waals surface area (Å²) < 4.78 is 1.90. The summed E-state index contributed by atoms with van der Waals surface area (Å²) in [4.78, 5) is 15.2. The molecule has 0 aliphatic carbocycles. The number of hydrogen-bond donors (Lipinski definition) is 1. The number of nitrogens with zero attached hydrogens (tertiary/aromatic N) is 2. The maximum atomic E-state index is 11.2. The zero-order chi connectivity index (χ0) is 13.3. The molecule has 0 saturated heterocycles. The van der Waals surface area contributed by atoms with Crippen LogP contribution in [0.1, 0.15) is 23.0 Å². The van der Waals surface area contributed by atoms with Gasteiger partial charge < -0.3 is 9.67 Å². The molecule has 4 nitrogen and oxygen atoms in total. The summed E-state index contributed by atoms with van der Waals surface area (Å²) in [5.41, 5.74) is 2.44. The first-order chi connectivity index (χ1) is 8.57. The number of pyridine rings is 1. The number of carboxylic acids is 1. The molecule has 0 aliphatic rings. The molecule has 0 saturated carbocycles. The van der Waals surface area contributed by atoms with Crippen LogP contribution in [-0.4, -0.2) is 20.6 Å². The van der Waals surface area contributed by atoms with Gasteiger partial charge in [-0.15, -0.1) is 0 Å². The molecule has 0 atom stereocenters. The van der Waals surface area contributed by atoms with Gasteiger partial charge in [0.2, 0.25) is 0 Å². The Balaban J connectivity index is 2.75. The van der Waals surface area contributed by atoms with Crippen molar-refractivity contribution in [2.75, 3.05) is 0 Å². The normalized spacial score (nSPS) is 10.6. The van der Waals surface area contributed by atoms with Crippen LogP contribution in [0, 0.1) is 6.92 Å². The van der Waals surface area contributed by atoms with E-state index in [9.17, 15) is 9.90 Å². The lowest BCUT2D eigenvalue weighted by Crippen LogP contribution is -2.02. The van der Waals surface area contributed by atoms with Gasteiger partial charge in [-0.05, 0) is 26.0 Å². The van der Waals surface area contributed by atoms with E-state index in [1.165, 1.54) is 0 Å². The fourth-order valence-electron chi connectivity index (χ4n) is 2.13. The predicted molar refractivity (Wildman–Crippen MR) is 70.0 cm³/mol. The zero-order valence-corrected chi connectivity index (χ0v) is 10.9. The highest BCUT2D eigenvalue weighted by Gasteiger charge is 2.23. The van der Waals surface area contributed by atoms with Crippen LogP contribution in [0.15, 0.2) is 24.5 Å². The van der Waals surface area contributed by atoms with Crippen molar-refractivity contribution < 1.29 is 9.90 Å². The molecule has 5 heteroatoms. The summed E-state index contributed by atoms with van der Waals surface area (Å²) in [6, 6.07) is 3.64. The van der Waals surface area contributed by atoms with Gasteiger partial charge in [-0.2, -0.15) is 0 Å². The van der Waals surface area contributed by atoms with Crippen LogP contribution in [0.25, 0.3) is 11.3 Å². The van der Waals surface area contributed by atoms with Gasteiger partial charge in [0.25, 0.3) is 0 Å². The van der Waals surface area contributed by atoms with Crippen LogP contribution < -0.4 is 0 Å². The second-order valence-corrected chi connectivity index (χ2v) is 4.29. The molecule has 0 unspecified atom stereocenters. The van der Waals surface area contributed by atoms with Crippen LogP contribution >= 0.6 is 11.6 Å². The summed E-state index contributed by atoms with van der Waals surface area (Å²) in [6.07, 6.45) is 3.32. The van der Waals surface area contributed by atoms with Crippen LogP contribution in [0.5, 0.6) is 0 Å². The molecule has 0 amide bonds. The van der Waals surface area contributed by atoms with E-state index >= 15 is 0 Å². The molecule has 2 heterocycles. The number of aromatic carboxylic acids is 1. The summed E-state index contributed by atoms with van der Waals surface area (Å²) in [5.74, 6) is -1.000. The second kappa shape index (κ2) is 4.82. The third kappa shape index (κ3) is 1.88. The Bertz CT molecular complexity index is 591. The summed E-state index contributed by atoms with van der Waals surface area (Å²) >= 11 is 6.22. The molecule has 0 fully saturated rings. The van der Waals surface area contributed by atoms with E-state index in [1.807, 2.05) is 23.6 Å². The van der Waals surface area contributed by atoms with Gasteiger partial charge in [0.05, 0.1) is 16.3 Å². The van der Waals surface area contributed by atoms with Gasteiger partial charge in [-0.25, -0.2) is 4.79 Å². The Morgan fingerprint density at radius 3 is 2.56 bits per heavy atom. The number of carbonyl (C=O) groups is 1. The third-order valence-corrected chi connectivity index (χ3v) is 3.32. The van der Waals surface area contributed by atoms with Crippen LogP contribution in [0.4, 0.5) is 0 Å². The molecule has 2 aromatic heterocycles. The largest absolute Gasteiger partial charge is 0.478 e. The zero-order valence-electron chi connectivity index (χ0n) is 10.1. The quantitative estimate of drug-likeness (QED) is 0.926. The minimum atomic E-state index is -1.000. The first kappa shape index (κ1) is 12.6. The predicted octanol–water partition coefficient (Wildman–Crippen LogP) is 3.23. The Morgan fingerprint density at radius 2 is 2.06 bits per heavy atom. The fourth-order valence-corrected chi connectivity index (χ4v) is 2.56. The van der Waals surface area contributed by atoms with Crippen molar-refractivity contribution >= 4 is 17.6 Å². The van der Waals surface area contributed by atoms with Crippen LogP contribution in [-0.2, 0) is 6.54 Å². The number of carboxylic acid groups (broad SMARTS) is 1. The standard InChI is InChI=1S/C13H13ClN2O2/c1-3-16-8(2)10(13(17)18)11(14)12(16)9-4-6-15-7-5-9/h4-7H,3H2,1-2H3,(H,17,18). The minimum absolute atomic E-state index is 0.172. The molecule has 94 valence electrons. The average Bonchev–Trinajstić information content (AvgIpc) is 2.61. The van der Waals surface area contributed by atoms with Crippen molar-refractivity contribution in [3.8, 4) is 11.3 Å². The molecule has 18 heavy (non-hydrogen) atoms. The Hall–Kier alpha value is -1.81. The number of hydrogen-bond acceptors (Lipinski definition) is 2. The molecule has 2 aromatic rings. The van der Waals surface area contributed by atoms with Crippen molar-refractivity contribution in [3.63, 3.8) is 0 Å². The lowest BCUT2D eigenvalue weighted by molar-refractivity contribution is 0.0696. The molecule has 0 bridgehead atoms. The molecule has 0 aliphatic heterocycles. The Labute approximate surface area is 110 Å². The van der Waals surface area contributed by atoms with Gasteiger partial charge in [-0.3, -0.25) is 4.98 Å². The molecule has 0 radical (unpaired) electrons. The van der Waals surface area contributed by atoms with E-state index in [0.717, 1.165) is 11.3 Å². The van der Waals surface area contributed by atoms with E-state index in [2.05, 4.69) is 4.98 Å². The monoisotopic (exact) mass is 264 g/mol. The molecular weight excluding hydrogens is 252 g/mol. The lowest BCUT2D eigenvalue weighted by Gasteiger charge is -2.08. The fraction of sp³-hybridized carbons (Fsp3) is 0.231. The Kier molecular flexibility index (Phi) is 3.39. The molecule has 0 spiro atoms. The summed E-state index contributed by atoms with van der Waals surface area (Å²) in [7, 11) is 0. The average molecular weight is 265 g/mol. The topological polar surface area (TPSA) is 55.1 Å². The third-order valence-electron chi connectivity index (χ3n) is 2.95. The van der Waals surface area contributed by atoms with Crippen molar-refractivity contribution in [3.05, 3.63) is 40.8 Å². The highest BCUT2D eigenvalue weighted by molar-refractivity contribution is 6.36. The highest BCUT2D eigenvalue weighted by Crippen LogP contribution is 2.35. The molecule has 0 aromatic carbocycles. The molecule has 2 rings (SSSR count). The van der Waals surface area contributed by atoms with E-state index in [-0.39, 0.29) is 10.6 Å². The maximum Gasteiger partial charge on any atom is 0.339 e. The Morgan fingerprint density at radius 1 is 1.44 bits per heavy atom. The number of aromatic nitrogens is 2. The minimum Gasteiger partial charge on any atom is -0.478 e. The van der Waals surface area contributed by atoms with Crippen molar-refractivity contribution in [1.29, 1.82) is 0 Å². The summed E-state index contributed by atoms with van der Waals surface area (Å²) in [5, 5.41) is 9.50. The van der Waals surface area contributed by atoms with Crippen LogP contribution in [0.2, 0.25) is 5.02 Å². The SMILES string of the molecule is CCn1c(C)c(C(=O)O)c(Cl)c1-c1ccncc1. The van der Waals surface area contributed by atoms with E-state index in [0.29, 0.717) is 12.2 Å². The maximum absolute atomic E-state index is 11.2. The summed E-state index contributed by atoms with van der Waals surface area (Å²) in [6.45, 7) is 4.39. The van der Waals surface area contributed by atoms with E-state index in [1.54, 1.807) is 19.3 Å². The lowest BCUT2D eigenvalue weighted by atomic mass is 10.2. The molecule has 1 N–H and O–H groups in total. The number of halogens is 1. The van der Waals surface area contributed by atoms with Crippen molar-refractivity contribution in [1.82, 2.24) is 9.55 Å². The van der Waals surface area contributed by atoms with Gasteiger partial charge >= 0.3 is 5.97 Å². The van der Waals surface area contributed by atoms with Gasteiger partial charge in [0.1, 0.15) is 0 Å². The molecular formula is C13H13ClN2O2.